The van der Waals surface area contributed by atoms with Crippen LogP contribution in [0.1, 0.15) is 52.3 Å². The smallest absolute Gasteiger partial charge is 0.408 e. The number of benzene rings is 1. The molecule has 0 fully saturated rings. The molecule has 7 nitrogen and oxygen atoms in total. The minimum Gasteiger partial charge on any atom is -0.408 e. The zero-order valence-corrected chi connectivity index (χ0v) is 16.3. The molecule has 0 saturated carbocycles. The van der Waals surface area contributed by atoms with Gasteiger partial charge in [0.05, 0.1) is 10.4 Å². The molecule has 0 aliphatic heterocycles. The number of para-hydroxylation sites is 2. The lowest BCUT2D eigenvalue weighted by Gasteiger charge is -2.13. The highest BCUT2D eigenvalue weighted by molar-refractivity contribution is 7.14. The first kappa shape index (κ1) is 18.5. The molecule has 0 saturated heterocycles. The lowest BCUT2D eigenvalue weighted by molar-refractivity contribution is -0.124. The molecule has 2 amide bonds. The second-order valence-corrected chi connectivity index (χ2v) is 8.08. The summed E-state index contributed by atoms with van der Waals surface area (Å²) >= 11 is 1.49. The maximum absolute atomic E-state index is 12.5. The van der Waals surface area contributed by atoms with Crippen LogP contribution >= 0.6 is 11.3 Å². The summed E-state index contributed by atoms with van der Waals surface area (Å²) in [6, 6.07) is 7.98. The van der Waals surface area contributed by atoms with E-state index in [4.69, 9.17) is 4.42 Å². The van der Waals surface area contributed by atoms with Crippen molar-refractivity contribution in [1.82, 2.24) is 15.4 Å². The van der Waals surface area contributed by atoms with E-state index < -0.39 is 17.7 Å². The molecule has 146 valence electrons. The topological polar surface area (TPSA) is 93.3 Å². The fourth-order valence-electron chi connectivity index (χ4n) is 3.53. The normalized spacial score (nSPS) is 14.9. The van der Waals surface area contributed by atoms with Crippen LogP contribution in [-0.4, -0.2) is 16.4 Å². The van der Waals surface area contributed by atoms with Gasteiger partial charge in [0.15, 0.2) is 5.58 Å². The predicted molar refractivity (Wildman–Crippen MR) is 106 cm³/mol. The lowest BCUT2D eigenvalue weighted by Crippen LogP contribution is -2.45. The lowest BCUT2D eigenvalue weighted by atomic mass is 10.1. The summed E-state index contributed by atoms with van der Waals surface area (Å²) in [5, 5.41) is 0. The van der Waals surface area contributed by atoms with Gasteiger partial charge in [0.25, 0.3) is 11.8 Å². The van der Waals surface area contributed by atoms with E-state index in [0.717, 1.165) is 25.7 Å². The second-order valence-electron chi connectivity index (χ2n) is 6.94. The molecule has 2 heterocycles. The van der Waals surface area contributed by atoms with Crippen LogP contribution in [0.2, 0.25) is 0 Å². The van der Waals surface area contributed by atoms with Gasteiger partial charge in [-0.05, 0) is 56.4 Å². The number of aryl methyl sites for hydroxylation is 2. The number of thiophene rings is 1. The van der Waals surface area contributed by atoms with Gasteiger partial charge in [0.1, 0.15) is 6.04 Å². The first-order chi connectivity index (χ1) is 13.5. The molecule has 2 N–H and O–H groups in total. The third-order valence-electron chi connectivity index (χ3n) is 5.06. The maximum atomic E-state index is 12.5. The number of hydrazine groups is 1. The van der Waals surface area contributed by atoms with Crippen LogP contribution < -0.4 is 16.6 Å². The van der Waals surface area contributed by atoms with Crippen molar-refractivity contribution >= 4 is 34.3 Å². The molecule has 28 heavy (non-hydrogen) atoms. The van der Waals surface area contributed by atoms with Gasteiger partial charge >= 0.3 is 5.76 Å². The third-order valence-corrected chi connectivity index (χ3v) is 6.29. The largest absolute Gasteiger partial charge is 0.420 e. The first-order valence-electron chi connectivity index (χ1n) is 9.36. The Hall–Kier alpha value is -2.87. The van der Waals surface area contributed by atoms with E-state index in [9.17, 15) is 14.4 Å². The van der Waals surface area contributed by atoms with Crippen molar-refractivity contribution in [2.45, 2.75) is 45.1 Å². The summed E-state index contributed by atoms with van der Waals surface area (Å²) in [6.07, 6.45) is 5.52. The van der Waals surface area contributed by atoms with E-state index in [1.807, 2.05) is 6.07 Å². The zero-order chi connectivity index (χ0) is 19.7. The van der Waals surface area contributed by atoms with Crippen LogP contribution in [0.4, 0.5) is 0 Å². The number of hydrogen-bond acceptors (Lipinski definition) is 5. The van der Waals surface area contributed by atoms with Crippen LogP contribution in [0.3, 0.4) is 0 Å². The second kappa shape index (κ2) is 7.63. The van der Waals surface area contributed by atoms with E-state index >= 15 is 0 Å². The first-order valence-corrected chi connectivity index (χ1v) is 10.2. The van der Waals surface area contributed by atoms with Crippen LogP contribution in [0.5, 0.6) is 0 Å². The molecule has 0 spiro atoms. The van der Waals surface area contributed by atoms with Gasteiger partial charge in [-0.1, -0.05) is 18.6 Å². The number of rotatable bonds is 3. The molecule has 4 rings (SSSR count). The SMILES string of the molecule is CC(C(=O)NNC(=O)c1cc2c(s1)CCCCC2)n1c(=O)oc2ccccc21. The zero-order valence-electron chi connectivity index (χ0n) is 15.5. The Morgan fingerprint density at radius 2 is 1.93 bits per heavy atom. The molecule has 1 unspecified atom stereocenters. The highest BCUT2D eigenvalue weighted by atomic mass is 32.1. The van der Waals surface area contributed by atoms with Gasteiger partial charge < -0.3 is 4.42 Å². The van der Waals surface area contributed by atoms with E-state index in [0.29, 0.717) is 16.0 Å². The Balaban J connectivity index is 1.44. The molecule has 1 aromatic carbocycles. The van der Waals surface area contributed by atoms with Crippen LogP contribution in [0.25, 0.3) is 11.1 Å². The molecule has 1 atom stereocenters. The number of oxazole rings is 1. The summed E-state index contributed by atoms with van der Waals surface area (Å²) in [6.45, 7) is 1.58. The van der Waals surface area contributed by atoms with Crippen molar-refractivity contribution in [2.75, 3.05) is 0 Å². The standard InChI is InChI=1S/C20H21N3O4S/c1-12(23-14-8-5-6-9-15(14)27-20(23)26)18(24)21-22-19(25)17-11-13-7-3-2-4-10-16(13)28-17/h5-6,8-9,11-12H,2-4,7,10H2,1H3,(H,21,24)(H,22,25). The Kier molecular flexibility index (Phi) is 5.04. The van der Waals surface area contributed by atoms with Crippen LogP contribution in [0.15, 0.2) is 39.5 Å². The summed E-state index contributed by atoms with van der Waals surface area (Å²) in [5.74, 6) is -1.46. The average Bonchev–Trinajstić information content (AvgIpc) is 3.17. The summed E-state index contributed by atoms with van der Waals surface area (Å²) < 4.78 is 6.43. The molecule has 0 bridgehead atoms. The molecule has 3 aromatic rings. The molecule has 2 aromatic heterocycles. The van der Waals surface area contributed by atoms with Gasteiger partial charge in [-0.2, -0.15) is 0 Å². The Morgan fingerprint density at radius 1 is 1.14 bits per heavy atom. The van der Waals surface area contributed by atoms with Gasteiger partial charge in [-0.25, -0.2) is 4.79 Å². The van der Waals surface area contributed by atoms with Crippen molar-refractivity contribution in [3.8, 4) is 0 Å². The van der Waals surface area contributed by atoms with Crippen molar-refractivity contribution < 1.29 is 14.0 Å². The molecule has 0 radical (unpaired) electrons. The van der Waals surface area contributed by atoms with E-state index in [-0.39, 0.29) is 5.91 Å². The average molecular weight is 399 g/mol. The molecule has 8 heteroatoms. The van der Waals surface area contributed by atoms with Crippen molar-refractivity contribution in [3.63, 3.8) is 0 Å². The third kappa shape index (κ3) is 3.47. The molecular formula is C20H21N3O4S. The number of carbonyl (C=O) groups is 2. The van der Waals surface area contributed by atoms with Gasteiger partial charge in [0, 0.05) is 4.88 Å². The fourth-order valence-corrected chi connectivity index (χ4v) is 4.68. The van der Waals surface area contributed by atoms with Gasteiger partial charge in [0.2, 0.25) is 0 Å². The molecular weight excluding hydrogens is 378 g/mol. The minimum atomic E-state index is -0.837. The number of amides is 2. The molecule has 1 aliphatic carbocycles. The predicted octanol–water partition coefficient (Wildman–Crippen LogP) is 2.95. The Bertz CT molecular complexity index is 1070. The quantitative estimate of drug-likeness (QED) is 0.523. The van der Waals surface area contributed by atoms with Gasteiger partial charge in [-0.3, -0.25) is 25.0 Å². The minimum absolute atomic E-state index is 0.344. The van der Waals surface area contributed by atoms with Crippen LogP contribution in [-0.2, 0) is 17.6 Å². The highest BCUT2D eigenvalue weighted by Gasteiger charge is 2.22. The van der Waals surface area contributed by atoms with E-state index in [2.05, 4.69) is 10.9 Å². The summed E-state index contributed by atoms with van der Waals surface area (Å²) in [7, 11) is 0. The number of nitrogens with one attached hydrogen (secondary N) is 2. The number of aromatic nitrogens is 1. The fraction of sp³-hybridized carbons (Fsp3) is 0.350. The van der Waals surface area contributed by atoms with Gasteiger partial charge in [-0.15, -0.1) is 11.3 Å². The van der Waals surface area contributed by atoms with Crippen molar-refractivity contribution in [2.24, 2.45) is 0 Å². The van der Waals surface area contributed by atoms with Crippen molar-refractivity contribution in [3.05, 3.63) is 56.2 Å². The Labute approximate surface area is 165 Å². The number of fused-ring (bicyclic) bond motifs is 2. The monoisotopic (exact) mass is 399 g/mol. The summed E-state index contributed by atoms with van der Waals surface area (Å²) in [5.41, 5.74) is 7.06. The van der Waals surface area contributed by atoms with E-state index in [1.54, 1.807) is 31.2 Å². The maximum Gasteiger partial charge on any atom is 0.420 e. The Morgan fingerprint density at radius 3 is 2.79 bits per heavy atom. The number of carbonyl (C=O) groups excluding carboxylic acids is 2. The number of hydrogen-bond donors (Lipinski definition) is 2. The van der Waals surface area contributed by atoms with Crippen molar-refractivity contribution in [1.29, 1.82) is 0 Å². The summed E-state index contributed by atoms with van der Waals surface area (Å²) in [4.78, 5) is 38.9. The molecule has 1 aliphatic rings. The van der Waals surface area contributed by atoms with E-state index in [1.165, 1.54) is 32.8 Å². The number of nitrogens with zero attached hydrogens (tertiary/aromatic N) is 1. The van der Waals surface area contributed by atoms with Crippen LogP contribution in [0, 0.1) is 0 Å². The highest BCUT2D eigenvalue weighted by Crippen LogP contribution is 2.28.